The Hall–Kier alpha value is -3.88. The fourth-order valence-electron chi connectivity index (χ4n) is 3.51. The number of aliphatic hydroxyl groups is 2. The average molecular weight is 436 g/mol. The first-order valence-corrected chi connectivity index (χ1v) is 9.69. The van der Waals surface area contributed by atoms with Crippen LogP contribution in [0.15, 0.2) is 78.1 Å². The van der Waals surface area contributed by atoms with Gasteiger partial charge in [-0.1, -0.05) is 36.4 Å². The first-order chi connectivity index (χ1) is 15.4. The Morgan fingerprint density at radius 2 is 1.41 bits per heavy atom. The van der Waals surface area contributed by atoms with Crippen LogP contribution in [0.5, 0.6) is 0 Å². The van der Waals surface area contributed by atoms with E-state index in [0.717, 1.165) is 12.1 Å². The standard InChI is InChI=1S/C24H18F2N2O4/c25-14-9-13(10-15(26)11-14)22(31)21(24-27-18-7-3-4-8-19(18)28-24)23(32)17-6-2-1-5-16(17)20(30)12-29/h1-11,20,27-30H,12H2. The van der Waals surface area contributed by atoms with Crippen LogP contribution in [0.2, 0.25) is 0 Å². The highest BCUT2D eigenvalue weighted by Gasteiger charge is 2.31. The number of hydrogen-bond acceptors (Lipinski definition) is 6. The second-order valence-electron chi connectivity index (χ2n) is 7.15. The average Bonchev–Trinajstić information content (AvgIpc) is 3.21. The van der Waals surface area contributed by atoms with Gasteiger partial charge in [0, 0.05) is 17.2 Å². The van der Waals surface area contributed by atoms with E-state index in [0.29, 0.717) is 17.4 Å². The van der Waals surface area contributed by atoms with Gasteiger partial charge in [-0.25, -0.2) is 8.78 Å². The number of fused-ring (bicyclic) bond motifs is 1. The largest absolute Gasteiger partial charge is 0.393 e. The SMILES string of the molecule is O=C(C(C(=O)c1ccccc1C(O)CO)=C1Nc2ccccc2N1)c1cc(F)cc(F)c1. The topological polar surface area (TPSA) is 98.7 Å². The number of aliphatic hydroxyl groups excluding tert-OH is 2. The van der Waals surface area contributed by atoms with E-state index in [4.69, 9.17) is 0 Å². The van der Waals surface area contributed by atoms with E-state index in [1.165, 1.54) is 12.1 Å². The molecule has 1 heterocycles. The summed E-state index contributed by atoms with van der Waals surface area (Å²) in [5, 5.41) is 25.4. The summed E-state index contributed by atoms with van der Waals surface area (Å²) in [6.07, 6.45) is -1.36. The van der Waals surface area contributed by atoms with Gasteiger partial charge in [0.2, 0.25) is 11.6 Å². The minimum Gasteiger partial charge on any atom is -0.393 e. The van der Waals surface area contributed by atoms with Crippen LogP contribution in [0.4, 0.5) is 20.2 Å². The number of ketones is 2. The predicted molar refractivity (Wildman–Crippen MR) is 114 cm³/mol. The molecule has 3 aromatic carbocycles. The second-order valence-corrected chi connectivity index (χ2v) is 7.15. The van der Waals surface area contributed by atoms with E-state index < -0.39 is 41.5 Å². The number of carbonyl (C=O) groups is 2. The molecule has 0 aliphatic carbocycles. The Morgan fingerprint density at radius 1 is 0.844 bits per heavy atom. The molecule has 0 spiro atoms. The molecule has 0 saturated heterocycles. The Kier molecular flexibility index (Phi) is 5.81. The van der Waals surface area contributed by atoms with Crippen LogP contribution in [0.25, 0.3) is 0 Å². The molecular weight excluding hydrogens is 418 g/mol. The number of carbonyl (C=O) groups excluding carboxylic acids is 2. The van der Waals surface area contributed by atoms with E-state index in [9.17, 15) is 28.6 Å². The lowest BCUT2D eigenvalue weighted by Gasteiger charge is -2.16. The van der Waals surface area contributed by atoms with Crippen molar-refractivity contribution < 1.29 is 28.6 Å². The molecule has 32 heavy (non-hydrogen) atoms. The summed E-state index contributed by atoms with van der Waals surface area (Å²) in [4.78, 5) is 26.9. The molecule has 0 bridgehead atoms. The summed E-state index contributed by atoms with van der Waals surface area (Å²) in [6.45, 7) is -0.638. The van der Waals surface area contributed by atoms with Crippen LogP contribution in [0.3, 0.4) is 0 Å². The van der Waals surface area contributed by atoms with E-state index in [1.807, 2.05) is 0 Å². The summed E-state index contributed by atoms with van der Waals surface area (Å²) in [5.41, 5.74) is 0.555. The maximum atomic E-state index is 13.8. The Bertz CT molecular complexity index is 1210. The molecule has 0 aromatic heterocycles. The van der Waals surface area contributed by atoms with Gasteiger partial charge in [0.1, 0.15) is 29.1 Å². The molecule has 1 aliphatic heterocycles. The number of halogens is 2. The van der Waals surface area contributed by atoms with Crippen molar-refractivity contribution in [1.82, 2.24) is 0 Å². The molecule has 0 amide bonds. The van der Waals surface area contributed by atoms with Crippen molar-refractivity contribution in [3.05, 3.63) is 106 Å². The van der Waals surface area contributed by atoms with Crippen molar-refractivity contribution >= 4 is 22.9 Å². The van der Waals surface area contributed by atoms with Gasteiger partial charge in [-0.05, 0) is 29.8 Å². The molecule has 4 N–H and O–H groups in total. The van der Waals surface area contributed by atoms with Crippen molar-refractivity contribution in [3.63, 3.8) is 0 Å². The highest BCUT2D eigenvalue weighted by molar-refractivity contribution is 6.32. The van der Waals surface area contributed by atoms with Gasteiger partial charge in [-0.3, -0.25) is 9.59 Å². The van der Waals surface area contributed by atoms with Gasteiger partial charge in [-0.2, -0.15) is 0 Å². The van der Waals surface area contributed by atoms with Crippen molar-refractivity contribution in [2.24, 2.45) is 0 Å². The number of benzene rings is 3. The van der Waals surface area contributed by atoms with Gasteiger partial charge < -0.3 is 20.8 Å². The summed E-state index contributed by atoms with van der Waals surface area (Å²) in [7, 11) is 0. The molecule has 0 fully saturated rings. The predicted octanol–water partition coefficient (Wildman–Crippen LogP) is 3.81. The third-order valence-electron chi connectivity index (χ3n) is 5.01. The smallest absolute Gasteiger partial charge is 0.201 e. The van der Waals surface area contributed by atoms with Crippen molar-refractivity contribution in [3.8, 4) is 0 Å². The molecule has 1 unspecified atom stereocenters. The van der Waals surface area contributed by atoms with E-state index in [2.05, 4.69) is 10.6 Å². The summed E-state index contributed by atoms with van der Waals surface area (Å²) in [5.74, 6) is -3.58. The monoisotopic (exact) mass is 436 g/mol. The van der Waals surface area contributed by atoms with Crippen LogP contribution in [0.1, 0.15) is 32.4 Å². The second kappa shape index (κ2) is 8.70. The minimum atomic E-state index is -1.36. The minimum absolute atomic E-state index is 0.0265. The zero-order chi connectivity index (χ0) is 22.8. The highest BCUT2D eigenvalue weighted by atomic mass is 19.1. The van der Waals surface area contributed by atoms with E-state index in [1.54, 1.807) is 36.4 Å². The van der Waals surface area contributed by atoms with Gasteiger partial charge in [0.05, 0.1) is 18.0 Å². The molecular formula is C24H18F2N2O4. The number of Topliss-reactive ketones (excluding diaryl/α,β-unsaturated/α-hetero) is 2. The first-order valence-electron chi connectivity index (χ1n) is 9.69. The number of rotatable bonds is 6. The molecule has 1 aliphatic rings. The van der Waals surface area contributed by atoms with Crippen LogP contribution in [0, 0.1) is 11.6 Å². The van der Waals surface area contributed by atoms with Gasteiger partial charge in [0.25, 0.3) is 0 Å². The third-order valence-corrected chi connectivity index (χ3v) is 5.01. The lowest BCUT2D eigenvalue weighted by molar-refractivity contribution is 0.0903. The fourth-order valence-corrected chi connectivity index (χ4v) is 3.51. The van der Waals surface area contributed by atoms with Crippen molar-refractivity contribution in [1.29, 1.82) is 0 Å². The van der Waals surface area contributed by atoms with Crippen molar-refractivity contribution in [2.45, 2.75) is 6.10 Å². The Labute approximate surface area is 181 Å². The molecule has 0 saturated carbocycles. The summed E-state index contributed by atoms with van der Waals surface area (Å²) >= 11 is 0. The highest BCUT2D eigenvalue weighted by Crippen LogP contribution is 2.33. The molecule has 6 nitrogen and oxygen atoms in total. The maximum Gasteiger partial charge on any atom is 0.201 e. The number of nitrogens with one attached hydrogen (secondary N) is 2. The molecule has 3 aromatic rings. The quantitative estimate of drug-likeness (QED) is 0.203. The van der Waals surface area contributed by atoms with E-state index >= 15 is 0 Å². The molecule has 4 rings (SSSR count). The molecule has 1 atom stereocenters. The summed E-state index contributed by atoms with van der Waals surface area (Å²) in [6, 6.07) is 15.3. The van der Waals surface area contributed by atoms with Crippen LogP contribution >= 0.6 is 0 Å². The van der Waals surface area contributed by atoms with Crippen LogP contribution < -0.4 is 10.6 Å². The Balaban J connectivity index is 1.87. The fraction of sp³-hybridized carbons (Fsp3) is 0.0833. The van der Waals surface area contributed by atoms with Gasteiger partial charge in [0.15, 0.2) is 0 Å². The third kappa shape index (κ3) is 4.01. The molecule has 8 heteroatoms. The van der Waals surface area contributed by atoms with Gasteiger partial charge >= 0.3 is 0 Å². The number of anilines is 2. The molecule has 0 radical (unpaired) electrons. The number of para-hydroxylation sites is 2. The van der Waals surface area contributed by atoms with Crippen LogP contribution in [-0.4, -0.2) is 28.4 Å². The van der Waals surface area contributed by atoms with Crippen molar-refractivity contribution in [2.75, 3.05) is 17.2 Å². The number of allylic oxidation sites excluding steroid dienone is 1. The first kappa shape index (κ1) is 21.4. The van der Waals surface area contributed by atoms with E-state index in [-0.39, 0.29) is 22.5 Å². The normalized spacial score (nSPS) is 13.1. The molecule has 162 valence electrons. The summed E-state index contributed by atoms with van der Waals surface area (Å²) < 4.78 is 27.6. The zero-order valence-electron chi connectivity index (χ0n) is 16.6. The zero-order valence-corrected chi connectivity index (χ0v) is 16.6. The van der Waals surface area contributed by atoms with Gasteiger partial charge in [-0.15, -0.1) is 0 Å². The lowest BCUT2D eigenvalue weighted by Crippen LogP contribution is -2.22. The Morgan fingerprint density at radius 3 is 2.00 bits per heavy atom. The van der Waals surface area contributed by atoms with Crippen LogP contribution in [-0.2, 0) is 0 Å². The maximum absolute atomic E-state index is 13.8. The number of hydrogen-bond donors (Lipinski definition) is 4. The lowest BCUT2D eigenvalue weighted by atomic mass is 9.91.